The summed E-state index contributed by atoms with van der Waals surface area (Å²) in [5.74, 6) is -0.335. The van der Waals surface area contributed by atoms with Crippen LogP contribution in [0, 0.1) is 5.82 Å². The number of hydrogen-bond acceptors (Lipinski definition) is 5. The van der Waals surface area contributed by atoms with Crippen LogP contribution in [-0.4, -0.2) is 51.0 Å². The van der Waals surface area contributed by atoms with Gasteiger partial charge in [0.1, 0.15) is 5.82 Å². The average Bonchev–Trinajstić information content (AvgIpc) is 3.20. The Balaban J connectivity index is 1.37. The molecule has 0 radical (unpaired) electrons. The van der Waals surface area contributed by atoms with E-state index < -0.39 is 0 Å². The average molecular weight is 386 g/mol. The molecule has 1 saturated carbocycles. The minimum Gasteiger partial charge on any atom is -0.381 e. The number of benzene rings is 1. The first-order valence-electron chi connectivity index (χ1n) is 10.1. The molecule has 8 heteroatoms. The summed E-state index contributed by atoms with van der Waals surface area (Å²) >= 11 is 0. The Labute approximate surface area is 164 Å². The molecule has 2 aromatic rings. The predicted octanol–water partition coefficient (Wildman–Crippen LogP) is 2.58. The first kappa shape index (κ1) is 18.9. The molecule has 150 valence electrons. The van der Waals surface area contributed by atoms with Crippen LogP contribution in [0.2, 0.25) is 0 Å². The predicted molar refractivity (Wildman–Crippen MR) is 104 cm³/mol. The van der Waals surface area contributed by atoms with Gasteiger partial charge in [-0.2, -0.15) is 0 Å². The molecule has 7 nitrogen and oxygen atoms in total. The van der Waals surface area contributed by atoms with E-state index in [1.165, 1.54) is 12.1 Å². The van der Waals surface area contributed by atoms with Gasteiger partial charge in [0.05, 0.1) is 12.2 Å². The molecule has 1 aliphatic carbocycles. The zero-order valence-electron chi connectivity index (χ0n) is 15.9. The van der Waals surface area contributed by atoms with E-state index in [-0.39, 0.29) is 29.8 Å². The van der Waals surface area contributed by atoms with Crippen LogP contribution in [0.3, 0.4) is 0 Å². The summed E-state index contributed by atoms with van der Waals surface area (Å²) in [5.41, 5.74) is 7.23. The highest BCUT2D eigenvalue weighted by Gasteiger charge is 2.27. The van der Waals surface area contributed by atoms with Gasteiger partial charge in [0.15, 0.2) is 5.69 Å². The van der Waals surface area contributed by atoms with Gasteiger partial charge in [0.2, 0.25) is 0 Å². The van der Waals surface area contributed by atoms with Crippen LogP contribution < -0.4 is 11.1 Å². The summed E-state index contributed by atoms with van der Waals surface area (Å²) in [5, 5.41) is 11.7. The summed E-state index contributed by atoms with van der Waals surface area (Å²) in [4.78, 5) is 14.7. The number of carbonyl (C=O) groups excluding carboxylic acids is 1. The largest absolute Gasteiger partial charge is 0.381 e. The quantitative estimate of drug-likeness (QED) is 0.843. The van der Waals surface area contributed by atoms with Crippen LogP contribution in [0.4, 0.5) is 10.1 Å². The molecular weight excluding hydrogens is 359 g/mol. The van der Waals surface area contributed by atoms with Crippen molar-refractivity contribution in [2.45, 2.75) is 56.7 Å². The molecule has 0 bridgehead atoms. The van der Waals surface area contributed by atoms with Crippen LogP contribution >= 0.6 is 0 Å². The number of likely N-dealkylation sites (tertiary alicyclic amines) is 1. The lowest BCUT2D eigenvalue weighted by atomic mass is 9.92. The smallest absolute Gasteiger partial charge is 0.276 e. The molecule has 3 N–H and O–H groups in total. The van der Waals surface area contributed by atoms with E-state index in [1.807, 2.05) is 9.58 Å². The van der Waals surface area contributed by atoms with E-state index >= 15 is 0 Å². The van der Waals surface area contributed by atoms with Crippen LogP contribution in [0.1, 0.15) is 55.1 Å². The number of amides is 1. The molecule has 2 aliphatic rings. The second-order valence-corrected chi connectivity index (χ2v) is 7.89. The fourth-order valence-electron chi connectivity index (χ4n) is 4.14. The molecule has 1 saturated heterocycles. The highest BCUT2D eigenvalue weighted by molar-refractivity contribution is 5.92. The number of piperidine rings is 1. The monoisotopic (exact) mass is 386 g/mol. The maximum atomic E-state index is 13.1. The van der Waals surface area contributed by atoms with Gasteiger partial charge in [-0.15, -0.1) is 5.10 Å². The number of aromatic nitrogens is 3. The molecule has 2 heterocycles. The second-order valence-electron chi connectivity index (χ2n) is 7.89. The third-order valence-corrected chi connectivity index (χ3v) is 5.77. The minimum atomic E-state index is -0.256. The third-order valence-electron chi connectivity index (χ3n) is 5.77. The van der Waals surface area contributed by atoms with E-state index in [9.17, 15) is 9.18 Å². The summed E-state index contributed by atoms with van der Waals surface area (Å²) in [6, 6.07) is 7.01. The van der Waals surface area contributed by atoms with Gasteiger partial charge in [-0.3, -0.25) is 4.79 Å². The Kier molecular flexibility index (Phi) is 5.57. The Bertz CT molecular complexity index is 799. The molecule has 1 aromatic carbocycles. The van der Waals surface area contributed by atoms with Gasteiger partial charge in [-0.1, -0.05) is 5.21 Å². The van der Waals surface area contributed by atoms with Crippen LogP contribution in [0.25, 0.3) is 0 Å². The minimum absolute atomic E-state index is 0.0793. The standard InChI is InChI=1S/C20H27FN6O/c21-14-3-7-16(8-4-14)23-17-2-1-11-26(12-17)20(28)19-13-27(25-24-19)18-9-5-15(22)6-10-18/h3-4,7-8,13,15,17-18,23H,1-2,5-6,9-12,22H2/t15?,17-,18?/m1/s1. The highest BCUT2D eigenvalue weighted by atomic mass is 19.1. The van der Waals surface area contributed by atoms with Crippen LogP contribution in [0.5, 0.6) is 0 Å². The molecule has 4 rings (SSSR count). The maximum absolute atomic E-state index is 13.1. The lowest BCUT2D eigenvalue weighted by molar-refractivity contribution is 0.0708. The number of carbonyl (C=O) groups is 1. The molecule has 1 aromatic heterocycles. The number of nitrogens with one attached hydrogen (secondary N) is 1. The van der Waals surface area contributed by atoms with Crippen molar-refractivity contribution in [3.8, 4) is 0 Å². The molecule has 1 atom stereocenters. The number of hydrogen-bond donors (Lipinski definition) is 2. The van der Waals surface area contributed by atoms with Crippen molar-refractivity contribution in [2.24, 2.45) is 5.73 Å². The summed E-state index contributed by atoms with van der Waals surface area (Å²) in [6.07, 6.45) is 7.58. The summed E-state index contributed by atoms with van der Waals surface area (Å²) < 4.78 is 14.9. The molecule has 28 heavy (non-hydrogen) atoms. The van der Waals surface area contributed by atoms with Crippen molar-refractivity contribution in [1.29, 1.82) is 0 Å². The lowest BCUT2D eigenvalue weighted by Gasteiger charge is -2.33. The van der Waals surface area contributed by atoms with E-state index in [4.69, 9.17) is 5.73 Å². The van der Waals surface area contributed by atoms with Crippen molar-refractivity contribution >= 4 is 11.6 Å². The molecular formula is C20H27FN6O. The maximum Gasteiger partial charge on any atom is 0.276 e. The first-order chi connectivity index (χ1) is 13.6. The van der Waals surface area contributed by atoms with Crippen LogP contribution in [-0.2, 0) is 0 Å². The summed E-state index contributed by atoms with van der Waals surface area (Å²) in [7, 11) is 0. The Hall–Kier alpha value is -2.48. The third kappa shape index (κ3) is 4.32. The van der Waals surface area contributed by atoms with Gasteiger partial charge in [-0.25, -0.2) is 9.07 Å². The Morgan fingerprint density at radius 3 is 2.64 bits per heavy atom. The zero-order chi connectivity index (χ0) is 19.5. The first-order valence-corrected chi connectivity index (χ1v) is 10.1. The molecule has 1 aliphatic heterocycles. The van der Waals surface area contributed by atoms with E-state index in [0.29, 0.717) is 18.8 Å². The summed E-state index contributed by atoms with van der Waals surface area (Å²) in [6.45, 7) is 1.31. The van der Waals surface area contributed by atoms with Crippen molar-refractivity contribution in [2.75, 3.05) is 18.4 Å². The lowest BCUT2D eigenvalue weighted by Crippen LogP contribution is -2.45. The van der Waals surface area contributed by atoms with E-state index in [2.05, 4.69) is 15.6 Å². The van der Waals surface area contributed by atoms with Gasteiger partial charge < -0.3 is 16.0 Å². The molecule has 0 unspecified atom stereocenters. The number of nitrogens with zero attached hydrogens (tertiary/aromatic N) is 4. The number of rotatable bonds is 4. The molecule has 0 spiro atoms. The number of anilines is 1. The Morgan fingerprint density at radius 1 is 1.14 bits per heavy atom. The molecule has 1 amide bonds. The zero-order valence-corrected chi connectivity index (χ0v) is 15.9. The normalized spacial score (nSPS) is 25.5. The fourth-order valence-corrected chi connectivity index (χ4v) is 4.14. The van der Waals surface area contributed by atoms with Gasteiger partial charge in [0.25, 0.3) is 5.91 Å². The van der Waals surface area contributed by atoms with Crippen molar-refractivity contribution in [3.05, 3.63) is 42.0 Å². The van der Waals surface area contributed by atoms with Crippen molar-refractivity contribution in [3.63, 3.8) is 0 Å². The van der Waals surface area contributed by atoms with Gasteiger partial charge >= 0.3 is 0 Å². The van der Waals surface area contributed by atoms with Crippen molar-refractivity contribution < 1.29 is 9.18 Å². The number of halogens is 1. The highest BCUT2D eigenvalue weighted by Crippen LogP contribution is 2.27. The molecule has 2 fully saturated rings. The SMILES string of the molecule is NC1CCC(n2cc(C(=O)N3CCC[C@@H](Nc4ccc(F)cc4)C3)nn2)CC1. The van der Waals surface area contributed by atoms with Gasteiger partial charge in [0, 0.05) is 30.9 Å². The van der Waals surface area contributed by atoms with Gasteiger partial charge in [-0.05, 0) is 62.8 Å². The van der Waals surface area contributed by atoms with E-state index in [0.717, 1.165) is 44.2 Å². The topological polar surface area (TPSA) is 89.1 Å². The fraction of sp³-hybridized carbons (Fsp3) is 0.550. The van der Waals surface area contributed by atoms with Crippen molar-refractivity contribution in [1.82, 2.24) is 19.9 Å². The van der Waals surface area contributed by atoms with E-state index in [1.54, 1.807) is 18.3 Å². The number of nitrogens with two attached hydrogens (primary N) is 1. The van der Waals surface area contributed by atoms with Crippen LogP contribution in [0.15, 0.2) is 30.5 Å². The second kappa shape index (κ2) is 8.26. The Morgan fingerprint density at radius 2 is 1.89 bits per heavy atom.